The van der Waals surface area contributed by atoms with E-state index < -0.39 is 0 Å². The molecule has 0 unspecified atom stereocenters. The first kappa shape index (κ1) is 12.0. The lowest BCUT2D eigenvalue weighted by atomic mass is 9.88. The van der Waals surface area contributed by atoms with Crippen LogP contribution in [0.2, 0.25) is 0 Å². The maximum absolute atomic E-state index is 8.90. The van der Waals surface area contributed by atoms with Crippen LogP contribution >= 0.6 is 0 Å². The van der Waals surface area contributed by atoms with Gasteiger partial charge < -0.3 is 0 Å². The number of hydrogen-bond acceptors (Lipinski definition) is 2. The van der Waals surface area contributed by atoms with E-state index in [9.17, 15) is 0 Å². The monoisotopic (exact) mass is 206 g/mol. The van der Waals surface area contributed by atoms with Gasteiger partial charge in [-0.05, 0) is 24.5 Å². The first-order valence-corrected chi connectivity index (χ1v) is 5.21. The summed E-state index contributed by atoms with van der Waals surface area (Å²) in [6.07, 6.45) is 0.583. The van der Waals surface area contributed by atoms with Crippen molar-refractivity contribution in [2.45, 2.75) is 32.3 Å². The van der Waals surface area contributed by atoms with Crippen molar-refractivity contribution in [2.24, 2.45) is 0 Å². The predicted molar refractivity (Wildman–Crippen MR) is 61.8 cm³/mol. The maximum Gasteiger partial charge on any atom is 0.120 e. The van der Waals surface area contributed by atoms with Gasteiger partial charge in [0.15, 0.2) is 0 Å². The van der Waals surface area contributed by atoms with Crippen LogP contribution in [0.1, 0.15) is 31.7 Å². The summed E-state index contributed by atoms with van der Waals surface area (Å²) in [6, 6.07) is 10.0. The fourth-order valence-corrected chi connectivity index (χ4v) is 1.83. The van der Waals surface area contributed by atoms with Crippen LogP contribution in [-0.2, 0) is 4.89 Å². The fourth-order valence-electron chi connectivity index (χ4n) is 1.83. The summed E-state index contributed by atoms with van der Waals surface area (Å²) in [5.74, 6) is 0.161. The Bertz CT molecular complexity index is 306. The van der Waals surface area contributed by atoms with E-state index in [2.05, 4.69) is 18.4 Å². The highest BCUT2D eigenvalue weighted by molar-refractivity contribution is 5.23. The molecule has 0 spiro atoms. The molecule has 1 N–H and O–H groups in total. The van der Waals surface area contributed by atoms with Crippen LogP contribution in [-0.4, -0.2) is 11.4 Å². The van der Waals surface area contributed by atoms with E-state index in [-0.39, 0.29) is 12.0 Å². The lowest BCUT2D eigenvalue weighted by molar-refractivity contribution is -0.273. The maximum atomic E-state index is 8.90. The molecule has 0 aliphatic rings. The van der Waals surface area contributed by atoms with Crippen molar-refractivity contribution in [3.05, 3.63) is 48.0 Å². The Balaban J connectivity index is 2.92. The molecule has 2 heteroatoms. The van der Waals surface area contributed by atoms with Crippen LogP contribution in [0, 0.1) is 0 Å². The smallest absolute Gasteiger partial charge is 0.120 e. The molecule has 1 aromatic carbocycles. The molecule has 0 saturated carbocycles. The Morgan fingerprint density at radius 1 is 1.40 bits per heavy atom. The van der Waals surface area contributed by atoms with Gasteiger partial charge in [-0.1, -0.05) is 43.8 Å². The van der Waals surface area contributed by atoms with Crippen molar-refractivity contribution in [3.63, 3.8) is 0 Å². The van der Waals surface area contributed by atoms with Gasteiger partial charge in [0, 0.05) is 5.92 Å². The third-order valence-electron chi connectivity index (χ3n) is 2.63. The van der Waals surface area contributed by atoms with Crippen LogP contribution < -0.4 is 0 Å². The average molecular weight is 206 g/mol. The van der Waals surface area contributed by atoms with Crippen molar-refractivity contribution in [2.75, 3.05) is 0 Å². The zero-order valence-electron chi connectivity index (χ0n) is 9.31. The summed E-state index contributed by atoms with van der Waals surface area (Å²) in [5, 5.41) is 8.90. The molecule has 2 nitrogen and oxygen atoms in total. The highest BCUT2D eigenvalue weighted by Gasteiger charge is 2.23. The van der Waals surface area contributed by atoms with Gasteiger partial charge in [0.05, 0.1) is 0 Å². The van der Waals surface area contributed by atoms with E-state index >= 15 is 0 Å². The van der Waals surface area contributed by atoms with Gasteiger partial charge in [-0.25, -0.2) is 4.89 Å². The topological polar surface area (TPSA) is 29.5 Å². The Morgan fingerprint density at radius 2 is 2.00 bits per heavy atom. The largest absolute Gasteiger partial charge is 0.251 e. The zero-order chi connectivity index (χ0) is 11.3. The van der Waals surface area contributed by atoms with Crippen LogP contribution in [0.4, 0.5) is 0 Å². The molecular weight excluding hydrogens is 188 g/mol. The Kier molecular flexibility index (Phi) is 4.53. The van der Waals surface area contributed by atoms with E-state index in [0.29, 0.717) is 0 Å². The van der Waals surface area contributed by atoms with Crippen molar-refractivity contribution in [1.29, 1.82) is 0 Å². The van der Waals surface area contributed by atoms with Crippen LogP contribution in [0.25, 0.3) is 0 Å². The molecule has 0 fully saturated rings. The van der Waals surface area contributed by atoms with E-state index in [1.165, 1.54) is 5.56 Å². The highest BCUT2D eigenvalue weighted by Crippen LogP contribution is 2.28. The molecule has 1 aromatic rings. The lowest BCUT2D eigenvalue weighted by Crippen LogP contribution is -2.21. The normalized spacial score (nSPS) is 14.6. The molecule has 82 valence electrons. The van der Waals surface area contributed by atoms with E-state index in [1.54, 1.807) is 0 Å². The van der Waals surface area contributed by atoms with Crippen molar-refractivity contribution < 1.29 is 10.1 Å². The molecule has 0 aliphatic heterocycles. The molecule has 0 radical (unpaired) electrons. The molecule has 0 aliphatic carbocycles. The second-order valence-electron chi connectivity index (χ2n) is 3.80. The van der Waals surface area contributed by atoms with Crippen LogP contribution in [0.15, 0.2) is 42.5 Å². The standard InChI is InChI=1S/C13H18O2/c1-4-12(13(15-14)10(2)3)11-8-6-5-7-9-11/h5-9,12-14H,2,4H2,1,3H3/t12-,13-/m1/s1. The minimum absolute atomic E-state index is 0.161. The van der Waals surface area contributed by atoms with Crippen LogP contribution in [0.3, 0.4) is 0 Å². The second-order valence-corrected chi connectivity index (χ2v) is 3.80. The van der Waals surface area contributed by atoms with Gasteiger partial charge in [0.1, 0.15) is 6.10 Å². The molecule has 0 heterocycles. The minimum Gasteiger partial charge on any atom is -0.251 e. The Morgan fingerprint density at radius 3 is 2.40 bits per heavy atom. The van der Waals surface area contributed by atoms with Crippen molar-refractivity contribution in [3.8, 4) is 0 Å². The predicted octanol–water partition coefficient (Wildman–Crippen LogP) is 3.61. The fraction of sp³-hybridized carbons (Fsp3) is 0.385. The SMILES string of the molecule is C=C(C)[C@@H](OO)[C@H](CC)c1ccccc1. The van der Waals surface area contributed by atoms with Crippen molar-refractivity contribution in [1.82, 2.24) is 0 Å². The molecule has 0 amide bonds. The van der Waals surface area contributed by atoms with Crippen LogP contribution in [0.5, 0.6) is 0 Å². The van der Waals surface area contributed by atoms with Gasteiger partial charge in [0.25, 0.3) is 0 Å². The van der Waals surface area contributed by atoms with Gasteiger partial charge in [-0.2, -0.15) is 0 Å². The molecule has 1 rings (SSSR count). The molecule has 15 heavy (non-hydrogen) atoms. The number of benzene rings is 1. The first-order valence-electron chi connectivity index (χ1n) is 5.21. The molecule has 0 saturated heterocycles. The third-order valence-corrected chi connectivity index (χ3v) is 2.63. The van der Waals surface area contributed by atoms with Gasteiger partial charge in [0.2, 0.25) is 0 Å². The summed E-state index contributed by atoms with van der Waals surface area (Å²) < 4.78 is 0. The summed E-state index contributed by atoms with van der Waals surface area (Å²) in [5.41, 5.74) is 2.01. The van der Waals surface area contributed by atoms with Gasteiger partial charge in [-0.3, -0.25) is 5.26 Å². The third kappa shape index (κ3) is 2.91. The van der Waals surface area contributed by atoms with E-state index in [0.717, 1.165) is 12.0 Å². The van der Waals surface area contributed by atoms with E-state index in [1.807, 2.05) is 37.3 Å². The number of rotatable bonds is 5. The highest BCUT2D eigenvalue weighted by atomic mass is 17.1. The summed E-state index contributed by atoms with van der Waals surface area (Å²) in [7, 11) is 0. The molecular formula is C13H18O2. The molecule has 0 bridgehead atoms. The summed E-state index contributed by atoms with van der Waals surface area (Å²) in [4.78, 5) is 4.52. The quantitative estimate of drug-likeness (QED) is 0.453. The molecule has 0 aromatic heterocycles. The molecule has 2 atom stereocenters. The van der Waals surface area contributed by atoms with E-state index in [4.69, 9.17) is 5.26 Å². The second kappa shape index (κ2) is 5.69. The zero-order valence-corrected chi connectivity index (χ0v) is 9.31. The lowest BCUT2D eigenvalue weighted by Gasteiger charge is -2.24. The number of hydrogen-bond donors (Lipinski definition) is 1. The summed E-state index contributed by atoms with van der Waals surface area (Å²) >= 11 is 0. The minimum atomic E-state index is -0.322. The first-order chi connectivity index (χ1) is 7.20. The van der Waals surface area contributed by atoms with Crippen molar-refractivity contribution >= 4 is 0 Å². The Hall–Kier alpha value is -1.12. The Labute approximate surface area is 91.1 Å². The summed E-state index contributed by atoms with van der Waals surface area (Å²) in [6.45, 7) is 7.78. The van der Waals surface area contributed by atoms with Gasteiger partial charge in [-0.15, -0.1) is 0 Å². The average Bonchev–Trinajstić information content (AvgIpc) is 2.26. The van der Waals surface area contributed by atoms with Gasteiger partial charge >= 0.3 is 0 Å².